The van der Waals surface area contributed by atoms with Crippen LogP contribution in [0.1, 0.15) is 22.8 Å². The number of halogens is 1. The number of carbonyl (C=O) groups is 1. The Morgan fingerprint density at radius 1 is 1.26 bits per heavy atom. The summed E-state index contributed by atoms with van der Waals surface area (Å²) in [5, 5.41) is 2.11. The van der Waals surface area contributed by atoms with Crippen molar-refractivity contribution in [3.63, 3.8) is 0 Å². The van der Waals surface area contributed by atoms with Crippen LogP contribution in [0.4, 0.5) is 0 Å². The molecule has 5 heteroatoms. The van der Waals surface area contributed by atoms with Gasteiger partial charge in [0.1, 0.15) is 12.4 Å². The third-order valence-electron chi connectivity index (χ3n) is 4.13. The molecule has 1 aromatic heterocycles. The smallest absolute Gasteiger partial charge is 0.337 e. The topological polar surface area (TPSA) is 40.5 Å². The molecule has 4 nitrogen and oxygen atoms in total. The fourth-order valence-electron chi connectivity index (χ4n) is 3.13. The normalized spacial score (nSPS) is 13.6. The number of ether oxygens (including phenoxy) is 2. The zero-order valence-electron chi connectivity index (χ0n) is 12.7. The molecule has 0 aliphatic carbocycles. The predicted octanol–water partition coefficient (Wildman–Crippen LogP) is 4.69. The molecule has 0 saturated heterocycles. The third kappa shape index (κ3) is 2.15. The number of hydrogen-bond acceptors (Lipinski definition) is 3. The van der Waals surface area contributed by atoms with Gasteiger partial charge in [0.15, 0.2) is 0 Å². The van der Waals surface area contributed by atoms with Gasteiger partial charge >= 0.3 is 5.97 Å². The van der Waals surface area contributed by atoms with Crippen molar-refractivity contribution in [1.29, 1.82) is 0 Å². The third-order valence-corrected chi connectivity index (χ3v) is 4.62. The number of rotatable bonds is 1. The Kier molecular flexibility index (Phi) is 3.20. The standard InChI is InChI=1S/C18H14BrNO3/c1-10-8-20-16-4-3-13(19)7-14(16)15-6-11(18(21)22-2)5-12(9-23-10)17(15)20/h3-8H,9H2,1-2H3. The highest BCUT2D eigenvalue weighted by Crippen LogP contribution is 2.36. The highest BCUT2D eigenvalue weighted by atomic mass is 79.9. The van der Waals surface area contributed by atoms with Crippen LogP contribution in [-0.4, -0.2) is 17.6 Å². The minimum absolute atomic E-state index is 0.340. The van der Waals surface area contributed by atoms with E-state index in [9.17, 15) is 4.79 Å². The zero-order valence-corrected chi connectivity index (χ0v) is 14.3. The van der Waals surface area contributed by atoms with Gasteiger partial charge in [-0.1, -0.05) is 15.9 Å². The van der Waals surface area contributed by atoms with Crippen LogP contribution in [0.25, 0.3) is 28.0 Å². The second-order valence-electron chi connectivity index (χ2n) is 5.58. The molecule has 2 aromatic carbocycles. The van der Waals surface area contributed by atoms with E-state index in [4.69, 9.17) is 9.47 Å². The molecule has 0 saturated carbocycles. The second-order valence-corrected chi connectivity index (χ2v) is 6.50. The van der Waals surface area contributed by atoms with Crippen molar-refractivity contribution in [3.8, 4) is 0 Å². The highest BCUT2D eigenvalue weighted by molar-refractivity contribution is 9.10. The lowest BCUT2D eigenvalue weighted by molar-refractivity contribution is 0.0600. The number of esters is 1. The Morgan fingerprint density at radius 3 is 2.87 bits per heavy atom. The van der Waals surface area contributed by atoms with E-state index in [2.05, 4.69) is 32.6 Å². The van der Waals surface area contributed by atoms with E-state index >= 15 is 0 Å². The van der Waals surface area contributed by atoms with Gasteiger partial charge in [0.2, 0.25) is 0 Å². The Balaban J connectivity index is 2.19. The van der Waals surface area contributed by atoms with Crippen LogP contribution in [-0.2, 0) is 16.1 Å². The maximum atomic E-state index is 12.0. The average molecular weight is 372 g/mol. The van der Waals surface area contributed by atoms with E-state index in [1.807, 2.05) is 31.3 Å². The van der Waals surface area contributed by atoms with E-state index in [1.165, 1.54) is 7.11 Å². The molecule has 0 spiro atoms. The number of benzene rings is 2. The van der Waals surface area contributed by atoms with Crippen molar-refractivity contribution in [2.45, 2.75) is 13.5 Å². The highest BCUT2D eigenvalue weighted by Gasteiger charge is 2.20. The summed E-state index contributed by atoms with van der Waals surface area (Å²) in [5.74, 6) is 0.496. The summed E-state index contributed by atoms with van der Waals surface area (Å²) in [6.07, 6.45) is 1.99. The molecule has 4 rings (SSSR count). The Bertz CT molecular complexity index is 1000. The lowest BCUT2D eigenvalue weighted by Crippen LogP contribution is -2.03. The van der Waals surface area contributed by atoms with Gasteiger partial charge < -0.3 is 14.0 Å². The number of aromatic nitrogens is 1. The monoisotopic (exact) mass is 371 g/mol. The number of allylic oxidation sites excluding steroid dienone is 1. The largest absolute Gasteiger partial charge is 0.492 e. The molecular formula is C18H14BrNO3. The van der Waals surface area contributed by atoms with Gasteiger partial charge in [0.05, 0.1) is 23.7 Å². The maximum absolute atomic E-state index is 12.0. The molecule has 0 atom stereocenters. The van der Waals surface area contributed by atoms with Crippen molar-refractivity contribution < 1.29 is 14.3 Å². The number of carbonyl (C=O) groups excluding carboxylic acids is 1. The number of fused-ring (bicyclic) bond motifs is 3. The summed E-state index contributed by atoms with van der Waals surface area (Å²) in [5.41, 5.74) is 3.67. The van der Waals surface area contributed by atoms with Crippen molar-refractivity contribution in [1.82, 2.24) is 4.57 Å². The lowest BCUT2D eigenvalue weighted by Gasteiger charge is -2.07. The molecule has 0 unspecified atom stereocenters. The van der Waals surface area contributed by atoms with Crippen LogP contribution in [0.15, 0.2) is 40.6 Å². The fraction of sp³-hybridized carbons (Fsp3) is 0.167. The molecule has 0 fully saturated rings. The minimum Gasteiger partial charge on any atom is -0.492 e. The summed E-state index contributed by atoms with van der Waals surface area (Å²) in [6, 6.07) is 9.90. The molecule has 0 bridgehead atoms. The van der Waals surface area contributed by atoms with Gasteiger partial charge in [0.25, 0.3) is 0 Å². The van der Waals surface area contributed by atoms with Gasteiger partial charge in [-0.3, -0.25) is 0 Å². The molecule has 23 heavy (non-hydrogen) atoms. The van der Waals surface area contributed by atoms with Crippen LogP contribution in [0, 0.1) is 0 Å². The Hall–Kier alpha value is -2.27. The van der Waals surface area contributed by atoms with Crippen molar-refractivity contribution in [3.05, 3.63) is 51.7 Å². The van der Waals surface area contributed by atoms with Crippen LogP contribution in [0.2, 0.25) is 0 Å². The molecule has 3 aromatic rings. The molecule has 0 N–H and O–H groups in total. The van der Waals surface area contributed by atoms with Crippen molar-refractivity contribution in [2.24, 2.45) is 0 Å². The van der Waals surface area contributed by atoms with Crippen LogP contribution in [0.3, 0.4) is 0 Å². The molecular weight excluding hydrogens is 358 g/mol. The minimum atomic E-state index is -0.340. The first kappa shape index (κ1) is 14.3. The van der Waals surface area contributed by atoms with E-state index in [0.29, 0.717) is 12.2 Å². The first-order chi connectivity index (χ1) is 11.1. The maximum Gasteiger partial charge on any atom is 0.337 e. The summed E-state index contributed by atoms with van der Waals surface area (Å²) < 4.78 is 13.8. The summed E-state index contributed by atoms with van der Waals surface area (Å²) in [7, 11) is 1.40. The summed E-state index contributed by atoms with van der Waals surface area (Å²) >= 11 is 3.53. The van der Waals surface area contributed by atoms with Gasteiger partial charge in [-0.05, 0) is 37.3 Å². The van der Waals surface area contributed by atoms with Gasteiger partial charge in [-0.15, -0.1) is 0 Å². The quantitative estimate of drug-likeness (QED) is 0.582. The van der Waals surface area contributed by atoms with Crippen LogP contribution < -0.4 is 0 Å². The summed E-state index contributed by atoms with van der Waals surface area (Å²) in [6.45, 7) is 2.37. The van der Waals surface area contributed by atoms with Gasteiger partial charge in [-0.25, -0.2) is 4.79 Å². The van der Waals surface area contributed by atoms with Crippen molar-refractivity contribution in [2.75, 3.05) is 7.11 Å². The van der Waals surface area contributed by atoms with Gasteiger partial charge in [-0.2, -0.15) is 0 Å². The van der Waals surface area contributed by atoms with Gasteiger partial charge in [0, 0.05) is 27.0 Å². The van der Waals surface area contributed by atoms with Crippen molar-refractivity contribution >= 4 is 49.9 Å². The molecule has 116 valence electrons. The zero-order chi connectivity index (χ0) is 16.1. The molecule has 0 amide bonds. The summed E-state index contributed by atoms with van der Waals surface area (Å²) in [4.78, 5) is 12.0. The van der Waals surface area contributed by atoms with E-state index in [-0.39, 0.29) is 5.97 Å². The van der Waals surface area contributed by atoms with Crippen LogP contribution in [0.5, 0.6) is 0 Å². The molecule has 1 aliphatic heterocycles. The predicted molar refractivity (Wildman–Crippen MR) is 93.2 cm³/mol. The number of methoxy groups -OCH3 is 1. The Morgan fingerprint density at radius 2 is 2.09 bits per heavy atom. The number of nitrogens with zero attached hydrogens (tertiary/aromatic N) is 1. The Labute approximate surface area is 141 Å². The molecule has 0 radical (unpaired) electrons. The van der Waals surface area contributed by atoms with E-state index in [0.717, 1.165) is 37.6 Å². The average Bonchev–Trinajstić information content (AvgIpc) is 2.73. The van der Waals surface area contributed by atoms with Crippen LogP contribution >= 0.6 is 15.9 Å². The molecule has 1 aliphatic rings. The molecule has 2 heterocycles. The second kappa shape index (κ2) is 5.13. The SMILES string of the molecule is COC(=O)c1cc2c3c(c1)c1cc(Br)ccc1n3C=C(C)OC2. The first-order valence-corrected chi connectivity index (χ1v) is 8.03. The fourth-order valence-corrected chi connectivity index (χ4v) is 3.49. The number of hydrogen-bond donors (Lipinski definition) is 0. The van der Waals surface area contributed by atoms with E-state index in [1.54, 1.807) is 0 Å². The first-order valence-electron chi connectivity index (χ1n) is 7.24. The van der Waals surface area contributed by atoms with E-state index < -0.39 is 0 Å². The lowest BCUT2D eigenvalue weighted by atomic mass is 10.0.